The first-order valence-electron chi connectivity index (χ1n) is 3.47. The Morgan fingerprint density at radius 2 is 2.10 bits per heavy atom. The molecule has 10 heavy (non-hydrogen) atoms. The molecule has 0 saturated carbocycles. The van der Waals surface area contributed by atoms with Crippen molar-refractivity contribution in [2.75, 3.05) is 0 Å². The molecular weight excluding hydrogens is 139 g/mol. The second-order valence-electron chi connectivity index (χ2n) is 2.81. The van der Waals surface area contributed by atoms with Crippen molar-refractivity contribution in [3.05, 3.63) is 16.5 Å². The van der Waals surface area contributed by atoms with Gasteiger partial charge in [-0.1, -0.05) is 19.9 Å². The van der Waals surface area contributed by atoms with Crippen LogP contribution in [0.4, 0.5) is 0 Å². The van der Waals surface area contributed by atoms with Crippen molar-refractivity contribution in [3.8, 4) is 0 Å². The van der Waals surface area contributed by atoms with Gasteiger partial charge >= 0.3 is 0 Å². The Bertz CT molecular complexity index is 225. The fourth-order valence-corrected chi connectivity index (χ4v) is 2.05. The minimum Gasteiger partial charge on any atom is -0.157 e. The van der Waals surface area contributed by atoms with Gasteiger partial charge < -0.3 is 0 Å². The van der Waals surface area contributed by atoms with Gasteiger partial charge in [-0.2, -0.15) is 11.3 Å². The Morgan fingerprint density at radius 3 is 2.30 bits per heavy atom. The molecule has 0 unspecified atom stereocenters. The van der Waals surface area contributed by atoms with Gasteiger partial charge in [-0.25, -0.2) is 0 Å². The van der Waals surface area contributed by atoms with Gasteiger partial charge in [0.25, 0.3) is 0 Å². The summed E-state index contributed by atoms with van der Waals surface area (Å²) in [5, 5.41) is 0. The summed E-state index contributed by atoms with van der Waals surface area (Å²) >= 11 is 1.68. The Labute approximate surface area is 67.7 Å². The molecule has 1 heterocycles. The average molecular weight is 150 g/mol. The normalized spacial score (nSPS) is 10.8. The first-order valence-corrected chi connectivity index (χ1v) is 4.28. The van der Waals surface area contributed by atoms with Crippen molar-refractivity contribution in [3.63, 3.8) is 0 Å². The minimum absolute atomic E-state index is 0.605. The summed E-state index contributed by atoms with van der Waals surface area (Å²) in [6.07, 6.45) is 0. The van der Waals surface area contributed by atoms with Crippen LogP contribution in [0, 0.1) is 6.92 Å². The van der Waals surface area contributed by atoms with E-state index in [2.05, 4.69) is 26.8 Å². The summed E-state index contributed by atoms with van der Waals surface area (Å²) in [5.41, 5.74) is 1.39. The van der Waals surface area contributed by atoms with Gasteiger partial charge in [-0.05, 0) is 23.2 Å². The molecule has 1 aromatic heterocycles. The molecule has 1 rings (SSSR count). The molecule has 0 N–H and O–H groups in total. The lowest BCUT2D eigenvalue weighted by Gasteiger charge is -2.01. The van der Waals surface area contributed by atoms with Gasteiger partial charge in [0, 0.05) is 4.88 Å². The monoisotopic (exact) mass is 150 g/mol. The van der Waals surface area contributed by atoms with Crippen LogP contribution in [0.15, 0.2) is 6.07 Å². The van der Waals surface area contributed by atoms with E-state index in [1.165, 1.54) is 10.4 Å². The maximum atomic E-state index is 5.64. The third kappa shape index (κ3) is 1.43. The van der Waals surface area contributed by atoms with Crippen molar-refractivity contribution in [2.45, 2.75) is 26.7 Å². The van der Waals surface area contributed by atoms with Gasteiger partial charge in [0.15, 0.2) is 0 Å². The van der Waals surface area contributed by atoms with E-state index >= 15 is 0 Å². The zero-order valence-electron chi connectivity index (χ0n) is 6.64. The quantitative estimate of drug-likeness (QED) is 0.537. The summed E-state index contributed by atoms with van der Waals surface area (Å²) in [4.78, 5) is 1.35. The van der Waals surface area contributed by atoms with E-state index in [9.17, 15) is 0 Å². The van der Waals surface area contributed by atoms with Crippen LogP contribution < -0.4 is 4.78 Å². The minimum atomic E-state index is 0.605. The Morgan fingerprint density at radius 1 is 1.50 bits per heavy atom. The van der Waals surface area contributed by atoms with Crippen molar-refractivity contribution in [1.29, 1.82) is 0 Å². The molecule has 0 bridgehead atoms. The van der Waals surface area contributed by atoms with Crippen LogP contribution in [0.25, 0.3) is 0 Å². The van der Waals surface area contributed by atoms with Crippen molar-refractivity contribution in [1.82, 2.24) is 0 Å². The average Bonchev–Trinajstić information content (AvgIpc) is 2.10. The van der Waals surface area contributed by atoms with Gasteiger partial charge in [0.2, 0.25) is 0 Å². The second kappa shape index (κ2) is 2.79. The summed E-state index contributed by atoms with van der Waals surface area (Å²) in [7, 11) is 5.64. The number of thiophene rings is 1. The van der Waals surface area contributed by atoms with Gasteiger partial charge in [0.05, 0.1) is 0 Å². The molecule has 0 aromatic carbocycles. The molecular formula is C8H11BS. The maximum Gasteiger partial charge on any atom is 0.128 e. The lowest BCUT2D eigenvalue weighted by atomic mass is 10.0. The zero-order valence-corrected chi connectivity index (χ0v) is 7.46. The van der Waals surface area contributed by atoms with E-state index in [1.54, 1.807) is 11.3 Å². The van der Waals surface area contributed by atoms with Crippen LogP contribution in [0.5, 0.6) is 0 Å². The fraction of sp³-hybridized carbons (Fsp3) is 0.500. The van der Waals surface area contributed by atoms with Crippen molar-refractivity contribution < 1.29 is 0 Å². The predicted octanol–water partition coefficient (Wildman–Crippen LogP) is 1.97. The molecule has 0 fully saturated rings. The summed E-state index contributed by atoms with van der Waals surface area (Å²) in [6.45, 7) is 6.50. The summed E-state index contributed by atoms with van der Waals surface area (Å²) in [6, 6.07) is 2.07. The molecule has 0 saturated heterocycles. The van der Waals surface area contributed by atoms with Gasteiger partial charge in [-0.15, -0.1) is 0 Å². The molecule has 2 radical (unpaired) electrons. The van der Waals surface area contributed by atoms with Crippen LogP contribution in [-0.4, -0.2) is 7.85 Å². The smallest absolute Gasteiger partial charge is 0.128 e. The first kappa shape index (κ1) is 7.87. The molecule has 0 nitrogen and oxygen atoms in total. The molecule has 52 valence electrons. The van der Waals surface area contributed by atoms with Crippen molar-refractivity contribution >= 4 is 24.0 Å². The maximum absolute atomic E-state index is 5.64. The largest absolute Gasteiger partial charge is 0.157 e. The lowest BCUT2D eigenvalue weighted by molar-refractivity contribution is 0.865. The number of hydrogen-bond donors (Lipinski definition) is 0. The topological polar surface area (TPSA) is 0 Å². The standard InChI is InChI=1S/C8H11BS/c1-5(2)7-4-8(9)10-6(7)3/h4-5H,1-3H3. The highest BCUT2D eigenvalue weighted by molar-refractivity contribution is 7.20. The number of hydrogen-bond acceptors (Lipinski definition) is 1. The van der Waals surface area contributed by atoms with Gasteiger partial charge in [0.1, 0.15) is 7.85 Å². The second-order valence-corrected chi connectivity index (χ2v) is 4.10. The van der Waals surface area contributed by atoms with E-state index in [-0.39, 0.29) is 0 Å². The van der Waals surface area contributed by atoms with Crippen molar-refractivity contribution in [2.24, 2.45) is 0 Å². The Kier molecular flexibility index (Phi) is 2.19. The van der Waals surface area contributed by atoms with Crippen LogP contribution in [-0.2, 0) is 0 Å². The molecule has 0 amide bonds. The van der Waals surface area contributed by atoms with Gasteiger partial charge in [-0.3, -0.25) is 0 Å². The zero-order chi connectivity index (χ0) is 7.72. The predicted molar refractivity (Wildman–Crippen MR) is 48.5 cm³/mol. The number of rotatable bonds is 1. The molecule has 1 aromatic rings. The first-order chi connectivity index (χ1) is 4.61. The fourth-order valence-electron chi connectivity index (χ4n) is 1.09. The highest BCUT2D eigenvalue weighted by Gasteiger charge is 2.04. The van der Waals surface area contributed by atoms with E-state index in [0.717, 1.165) is 4.78 Å². The third-order valence-electron chi connectivity index (χ3n) is 1.60. The Balaban J connectivity index is 3.03. The summed E-state index contributed by atoms with van der Waals surface area (Å²) in [5.74, 6) is 0.605. The SMILES string of the molecule is [B]c1cc(C(C)C)c(C)s1. The van der Waals surface area contributed by atoms with E-state index in [0.29, 0.717) is 5.92 Å². The molecule has 0 aliphatic heterocycles. The van der Waals surface area contributed by atoms with Crippen LogP contribution in [0.3, 0.4) is 0 Å². The van der Waals surface area contributed by atoms with E-state index in [1.807, 2.05) is 0 Å². The van der Waals surface area contributed by atoms with Crippen LogP contribution >= 0.6 is 11.3 Å². The van der Waals surface area contributed by atoms with E-state index in [4.69, 9.17) is 7.85 Å². The highest BCUT2D eigenvalue weighted by atomic mass is 32.1. The molecule has 0 aliphatic rings. The third-order valence-corrected chi connectivity index (χ3v) is 2.49. The lowest BCUT2D eigenvalue weighted by Crippen LogP contribution is -1.92. The molecule has 2 heteroatoms. The van der Waals surface area contributed by atoms with Crippen LogP contribution in [0.2, 0.25) is 0 Å². The number of aryl methyl sites for hydroxylation is 1. The Hall–Kier alpha value is -0.235. The van der Waals surface area contributed by atoms with Crippen LogP contribution in [0.1, 0.15) is 30.2 Å². The van der Waals surface area contributed by atoms with E-state index < -0.39 is 0 Å². The molecule has 0 aliphatic carbocycles. The molecule has 0 atom stereocenters. The summed E-state index contributed by atoms with van der Waals surface area (Å²) < 4.78 is 0.932. The highest BCUT2D eigenvalue weighted by Crippen LogP contribution is 2.21. The molecule has 0 spiro atoms.